The fourth-order valence-corrected chi connectivity index (χ4v) is 2.48. The van der Waals surface area contributed by atoms with E-state index in [1.165, 1.54) is 6.07 Å². The summed E-state index contributed by atoms with van der Waals surface area (Å²) in [4.78, 5) is 7.09. The van der Waals surface area contributed by atoms with E-state index in [1.54, 1.807) is 7.05 Å². The minimum Gasteiger partial charge on any atom is -0.373 e. The maximum atomic E-state index is 12.8. The number of hydrogen-bond donors (Lipinski definition) is 2. The third kappa shape index (κ3) is 2.96. The fourth-order valence-electron chi connectivity index (χ4n) is 2.48. The van der Waals surface area contributed by atoms with Crippen LogP contribution in [0.5, 0.6) is 0 Å². The van der Waals surface area contributed by atoms with E-state index in [-0.39, 0.29) is 17.7 Å². The van der Waals surface area contributed by atoms with Gasteiger partial charge in [-0.05, 0) is 37.5 Å². The van der Waals surface area contributed by atoms with Gasteiger partial charge in [0.1, 0.15) is 11.6 Å². The minimum atomic E-state index is -4.53. The highest BCUT2D eigenvalue weighted by Crippen LogP contribution is 2.45. The second kappa shape index (κ2) is 4.79. The van der Waals surface area contributed by atoms with Crippen molar-refractivity contribution in [2.75, 3.05) is 17.7 Å². The van der Waals surface area contributed by atoms with Gasteiger partial charge in [0.15, 0.2) is 0 Å². The van der Waals surface area contributed by atoms with Crippen LogP contribution >= 0.6 is 0 Å². The van der Waals surface area contributed by atoms with Gasteiger partial charge in [-0.1, -0.05) is 0 Å². The number of halogens is 3. The Bertz CT molecular complexity index is 483. The highest BCUT2D eigenvalue weighted by Gasteiger charge is 2.42. The van der Waals surface area contributed by atoms with Gasteiger partial charge in [-0.2, -0.15) is 13.2 Å². The molecule has 1 heterocycles. The SMILES string of the molecule is CNc1cc(NC(C2CC2)C2CC2)nc(C(F)(F)F)n1. The highest BCUT2D eigenvalue weighted by atomic mass is 19.4. The topological polar surface area (TPSA) is 49.8 Å². The summed E-state index contributed by atoms with van der Waals surface area (Å²) in [5.41, 5.74) is 0. The van der Waals surface area contributed by atoms with E-state index in [9.17, 15) is 13.2 Å². The third-order valence-electron chi connectivity index (χ3n) is 3.81. The molecule has 2 aliphatic carbocycles. The summed E-state index contributed by atoms with van der Waals surface area (Å²) in [6.45, 7) is 0. The van der Waals surface area contributed by atoms with Crippen LogP contribution in [0.4, 0.5) is 24.8 Å². The van der Waals surface area contributed by atoms with Crippen LogP contribution in [-0.2, 0) is 6.18 Å². The maximum Gasteiger partial charge on any atom is 0.451 e. The molecule has 1 aromatic rings. The monoisotopic (exact) mass is 286 g/mol. The van der Waals surface area contributed by atoms with Gasteiger partial charge in [0.05, 0.1) is 0 Å². The Morgan fingerprint density at radius 1 is 1.10 bits per heavy atom. The molecule has 2 N–H and O–H groups in total. The average Bonchev–Trinajstić information content (AvgIpc) is 3.27. The molecule has 0 saturated heterocycles. The zero-order chi connectivity index (χ0) is 14.3. The van der Waals surface area contributed by atoms with Gasteiger partial charge < -0.3 is 10.6 Å². The average molecular weight is 286 g/mol. The Balaban J connectivity index is 1.83. The zero-order valence-electron chi connectivity index (χ0n) is 11.2. The van der Waals surface area contributed by atoms with Crippen molar-refractivity contribution >= 4 is 11.6 Å². The van der Waals surface area contributed by atoms with E-state index in [0.717, 1.165) is 25.7 Å². The van der Waals surface area contributed by atoms with Crippen LogP contribution in [0.15, 0.2) is 6.07 Å². The van der Waals surface area contributed by atoms with Gasteiger partial charge in [0, 0.05) is 19.2 Å². The van der Waals surface area contributed by atoms with Crippen LogP contribution in [0, 0.1) is 11.8 Å². The second-order valence-electron chi connectivity index (χ2n) is 5.55. The molecule has 4 nitrogen and oxygen atoms in total. The van der Waals surface area contributed by atoms with Gasteiger partial charge in [-0.15, -0.1) is 0 Å². The van der Waals surface area contributed by atoms with Crippen LogP contribution in [0.3, 0.4) is 0 Å². The lowest BCUT2D eigenvalue weighted by molar-refractivity contribution is -0.144. The van der Waals surface area contributed by atoms with Gasteiger partial charge >= 0.3 is 6.18 Å². The molecule has 0 aromatic carbocycles. The molecule has 2 saturated carbocycles. The normalized spacial score (nSPS) is 19.2. The predicted molar refractivity (Wildman–Crippen MR) is 69.4 cm³/mol. The van der Waals surface area contributed by atoms with Crippen molar-refractivity contribution in [2.24, 2.45) is 11.8 Å². The van der Waals surface area contributed by atoms with Crippen molar-refractivity contribution in [2.45, 2.75) is 37.9 Å². The molecule has 110 valence electrons. The molecular weight excluding hydrogens is 269 g/mol. The quantitative estimate of drug-likeness (QED) is 0.873. The number of hydrogen-bond acceptors (Lipinski definition) is 4. The summed E-state index contributed by atoms with van der Waals surface area (Å²) in [6.07, 6.45) is 0.0982. The number of nitrogens with one attached hydrogen (secondary N) is 2. The fraction of sp³-hybridized carbons (Fsp3) is 0.692. The van der Waals surface area contributed by atoms with Gasteiger partial charge in [-0.3, -0.25) is 0 Å². The molecule has 7 heteroatoms. The van der Waals surface area contributed by atoms with Crippen molar-refractivity contribution in [3.8, 4) is 0 Å². The van der Waals surface area contributed by atoms with Crippen LogP contribution in [0.25, 0.3) is 0 Å². The van der Waals surface area contributed by atoms with Crippen molar-refractivity contribution in [1.29, 1.82) is 0 Å². The lowest BCUT2D eigenvalue weighted by Crippen LogP contribution is -2.26. The van der Waals surface area contributed by atoms with Crippen LogP contribution in [-0.4, -0.2) is 23.1 Å². The number of alkyl halides is 3. The Kier molecular flexibility index (Phi) is 3.22. The first-order valence-corrected chi connectivity index (χ1v) is 6.88. The van der Waals surface area contributed by atoms with E-state index in [1.807, 2.05) is 0 Å². The molecule has 20 heavy (non-hydrogen) atoms. The molecule has 0 aliphatic heterocycles. The van der Waals surface area contributed by atoms with Crippen molar-refractivity contribution in [3.05, 3.63) is 11.9 Å². The van der Waals surface area contributed by atoms with Gasteiger partial charge in [0.25, 0.3) is 0 Å². The molecule has 2 fully saturated rings. The molecule has 0 amide bonds. The third-order valence-corrected chi connectivity index (χ3v) is 3.81. The molecule has 2 aliphatic rings. The molecule has 0 unspecified atom stereocenters. The smallest absolute Gasteiger partial charge is 0.373 e. The Labute approximate surface area is 115 Å². The summed E-state index contributed by atoms with van der Waals surface area (Å²) in [5.74, 6) is 0.521. The van der Waals surface area contributed by atoms with Gasteiger partial charge in [-0.25, -0.2) is 9.97 Å². The highest BCUT2D eigenvalue weighted by molar-refractivity contribution is 5.48. The Morgan fingerprint density at radius 3 is 2.10 bits per heavy atom. The summed E-state index contributed by atoms with van der Waals surface area (Å²) < 4.78 is 38.3. The van der Waals surface area contributed by atoms with Crippen LogP contribution < -0.4 is 10.6 Å². The molecule has 0 spiro atoms. The molecule has 3 rings (SSSR count). The summed E-state index contributed by atoms with van der Waals surface area (Å²) in [5, 5.41) is 5.85. The standard InChI is InChI=1S/C13H17F3N4/c1-17-9-6-10(20-12(19-9)13(14,15)16)18-11(7-2-3-7)8-4-5-8/h6-8,11H,2-5H2,1H3,(H2,17,18,19,20). The maximum absolute atomic E-state index is 12.8. The molecule has 0 radical (unpaired) electrons. The van der Waals surface area contributed by atoms with Crippen molar-refractivity contribution < 1.29 is 13.2 Å². The Morgan fingerprint density at radius 2 is 1.65 bits per heavy atom. The summed E-state index contributed by atoms with van der Waals surface area (Å²) in [6, 6.07) is 1.79. The molecule has 0 atom stereocenters. The number of rotatable bonds is 5. The first-order chi connectivity index (χ1) is 9.47. The van der Waals surface area contributed by atoms with E-state index in [0.29, 0.717) is 11.8 Å². The predicted octanol–water partition coefficient (Wildman–Crippen LogP) is 3.14. The first-order valence-electron chi connectivity index (χ1n) is 6.88. The van der Waals surface area contributed by atoms with E-state index in [2.05, 4.69) is 20.6 Å². The number of anilines is 2. The number of nitrogens with zero attached hydrogens (tertiary/aromatic N) is 2. The molecule has 1 aromatic heterocycles. The largest absolute Gasteiger partial charge is 0.451 e. The second-order valence-corrected chi connectivity index (χ2v) is 5.55. The summed E-state index contributed by atoms with van der Waals surface area (Å²) in [7, 11) is 1.55. The van der Waals surface area contributed by atoms with Crippen LogP contribution in [0.2, 0.25) is 0 Å². The lowest BCUT2D eigenvalue weighted by Gasteiger charge is -2.19. The van der Waals surface area contributed by atoms with E-state index in [4.69, 9.17) is 0 Å². The molecular formula is C13H17F3N4. The van der Waals surface area contributed by atoms with Crippen LogP contribution in [0.1, 0.15) is 31.5 Å². The first kappa shape index (κ1) is 13.5. The van der Waals surface area contributed by atoms with E-state index >= 15 is 0 Å². The van der Waals surface area contributed by atoms with Crippen molar-refractivity contribution in [1.82, 2.24) is 9.97 Å². The summed E-state index contributed by atoms with van der Waals surface area (Å²) >= 11 is 0. The van der Waals surface area contributed by atoms with Gasteiger partial charge in [0.2, 0.25) is 5.82 Å². The molecule has 0 bridgehead atoms. The lowest BCUT2D eigenvalue weighted by atomic mass is 10.1. The van der Waals surface area contributed by atoms with E-state index < -0.39 is 12.0 Å². The number of aromatic nitrogens is 2. The Hall–Kier alpha value is -1.53. The van der Waals surface area contributed by atoms with Crippen molar-refractivity contribution in [3.63, 3.8) is 0 Å². The minimum absolute atomic E-state index is 0.181. The zero-order valence-corrected chi connectivity index (χ0v) is 11.2.